The van der Waals surface area contributed by atoms with Crippen LogP contribution in [0.1, 0.15) is 31.2 Å². The molecule has 1 saturated heterocycles. The topological polar surface area (TPSA) is 104 Å². The Hall–Kier alpha value is -1.93. The molecule has 2 unspecified atom stereocenters. The minimum absolute atomic E-state index is 0.186. The molecule has 0 radical (unpaired) electrons. The van der Waals surface area contributed by atoms with E-state index in [0.717, 1.165) is 19.3 Å². The van der Waals surface area contributed by atoms with Crippen LogP contribution in [-0.2, 0) is 26.2 Å². The zero-order valence-corrected chi connectivity index (χ0v) is 14.7. The molecular formula is C17H22N2O5S. The molecule has 2 atom stereocenters. The molecule has 1 aliphatic heterocycles. The van der Waals surface area contributed by atoms with Gasteiger partial charge in [-0.25, -0.2) is 8.42 Å². The van der Waals surface area contributed by atoms with Crippen LogP contribution in [0.2, 0.25) is 0 Å². The van der Waals surface area contributed by atoms with E-state index in [1.807, 2.05) is 0 Å². The average Bonchev–Trinajstić information content (AvgIpc) is 3.42. The van der Waals surface area contributed by atoms with Crippen molar-refractivity contribution in [1.82, 2.24) is 9.62 Å². The normalized spacial score (nSPS) is 23.8. The summed E-state index contributed by atoms with van der Waals surface area (Å²) >= 11 is 0. The molecule has 1 amide bonds. The first kappa shape index (κ1) is 17.9. The molecule has 2 aliphatic rings. The minimum Gasteiger partial charge on any atom is -0.481 e. The number of sulfonamides is 1. The summed E-state index contributed by atoms with van der Waals surface area (Å²) in [7, 11) is -3.50. The molecule has 0 spiro atoms. The maximum absolute atomic E-state index is 12.7. The fourth-order valence-corrected chi connectivity index (χ4v) is 4.74. The third-order valence-corrected chi connectivity index (χ3v) is 6.66. The van der Waals surface area contributed by atoms with Crippen LogP contribution in [-0.4, -0.2) is 42.8 Å². The van der Waals surface area contributed by atoms with Gasteiger partial charge in [-0.3, -0.25) is 9.59 Å². The molecule has 1 aromatic rings. The van der Waals surface area contributed by atoms with E-state index in [0.29, 0.717) is 25.1 Å². The highest BCUT2D eigenvalue weighted by atomic mass is 32.2. The third kappa shape index (κ3) is 4.01. The number of hydrogen-bond acceptors (Lipinski definition) is 4. The molecule has 2 fully saturated rings. The number of carbonyl (C=O) groups is 2. The molecule has 2 N–H and O–H groups in total. The third-order valence-electron chi connectivity index (χ3n) is 4.76. The fourth-order valence-electron chi connectivity index (χ4n) is 3.15. The first-order valence-corrected chi connectivity index (χ1v) is 9.93. The molecule has 25 heavy (non-hydrogen) atoms. The van der Waals surface area contributed by atoms with Gasteiger partial charge in [0.1, 0.15) is 0 Å². The lowest BCUT2D eigenvalue weighted by molar-refractivity contribution is -0.140. The number of hydrogen-bond donors (Lipinski definition) is 2. The molecule has 0 bridgehead atoms. The van der Waals surface area contributed by atoms with Crippen LogP contribution in [0.4, 0.5) is 0 Å². The summed E-state index contributed by atoms with van der Waals surface area (Å²) in [5, 5.41) is 11.5. The molecule has 3 rings (SSSR count). The Morgan fingerprint density at radius 1 is 1.16 bits per heavy atom. The Balaban J connectivity index is 1.63. The van der Waals surface area contributed by atoms with E-state index >= 15 is 0 Å². The SMILES string of the molecule is O=C(O)C1CC1C(=O)NCc1cccc(S(=O)(=O)N2CCCCC2)c1. The monoisotopic (exact) mass is 366 g/mol. The van der Waals surface area contributed by atoms with E-state index in [2.05, 4.69) is 5.32 Å². The van der Waals surface area contributed by atoms with Gasteiger partial charge < -0.3 is 10.4 Å². The van der Waals surface area contributed by atoms with E-state index in [9.17, 15) is 18.0 Å². The molecule has 136 valence electrons. The quantitative estimate of drug-likeness (QED) is 0.787. The Labute approximate surface area is 147 Å². The summed E-state index contributed by atoms with van der Waals surface area (Å²) in [5.74, 6) is -2.31. The number of carbonyl (C=O) groups excluding carboxylic acids is 1. The van der Waals surface area contributed by atoms with Crippen molar-refractivity contribution in [1.29, 1.82) is 0 Å². The van der Waals surface area contributed by atoms with Crippen LogP contribution < -0.4 is 5.32 Å². The van der Waals surface area contributed by atoms with Crippen molar-refractivity contribution in [3.63, 3.8) is 0 Å². The standard InChI is InChI=1S/C17H22N2O5S/c20-16(14-10-15(14)17(21)22)18-11-12-5-4-6-13(9-12)25(23,24)19-7-2-1-3-8-19/h4-6,9,14-15H,1-3,7-8,10-11H2,(H,18,20)(H,21,22). The van der Waals surface area contributed by atoms with Crippen molar-refractivity contribution in [2.75, 3.05) is 13.1 Å². The van der Waals surface area contributed by atoms with Gasteiger partial charge in [0.2, 0.25) is 15.9 Å². The number of nitrogens with one attached hydrogen (secondary N) is 1. The van der Waals surface area contributed by atoms with Crippen LogP contribution in [0.15, 0.2) is 29.2 Å². The van der Waals surface area contributed by atoms with Gasteiger partial charge >= 0.3 is 5.97 Å². The molecule has 7 nitrogen and oxygen atoms in total. The zero-order chi connectivity index (χ0) is 18.0. The highest BCUT2D eigenvalue weighted by Gasteiger charge is 2.48. The van der Waals surface area contributed by atoms with E-state index in [1.54, 1.807) is 24.3 Å². The molecule has 1 aromatic carbocycles. The van der Waals surface area contributed by atoms with Crippen LogP contribution in [0.3, 0.4) is 0 Å². The van der Waals surface area contributed by atoms with Gasteiger partial charge in [0.05, 0.1) is 16.7 Å². The first-order valence-electron chi connectivity index (χ1n) is 8.49. The fraction of sp³-hybridized carbons (Fsp3) is 0.529. The van der Waals surface area contributed by atoms with E-state index in [4.69, 9.17) is 5.11 Å². The molecule has 1 aliphatic carbocycles. The first-order chi connectivity index (χ1) is 11.9. The van der Waals surface area contributed by atoms with Gasteiger partial charge in [-0.05, 0) is 37.0 Å². The number of amides is 1. The number of benzene rings is 1. The maximum Gasteiger partial charge on any atom is 0.307 e. The van der Waals surface area contributed by atoms with Gasteiger partial charge in [-0.15, -0.1) is 0 Å². The van der Waals surface area contributed by atoms with Crippen molar-refractivity contribution in [2.45, 2.75) is 37.1 Å². The number of nitrogens with zero attached hydrogens (tertiary/aromatic N) is 1. The second-order valence-electron chi connectivity index (χ2n) is 6.62. The smallest absolute Gasteiger partial charge is 0.307 e. The Bertz CT molecular complexity index is 771. The zero-order valence-electron chi connectivity index (χ0n) is 13.8. The van der Waals surface area contributed by atoms with Crippen molar-refractivity contribution < 1.29 is 23.1 Å². The second kappa shape index (κ2) is 7.13. The van der Waals surface area contributed by atoms with Crippen LogP contribution >= 0.6 is 0 Å². The summed E-state index contributed by atoms with van der Waals surface area (Å²) < 4.78 is 26.9. The van der Waals surface area contributed by atoms with Gasteiger partial charge in [-0.1, -0.05) is 18.6 Å². The highest BCUT2D eigenvalue weighted by molar-refractivity contribution is 7.89. The molecule has 1 heterocycles. The van der Waals surface area contributed by atoms with E-state index in [-0.39, 0.29) is 17.3 Å². The van der Waals surface area contributed by atoms with Crippen LogP contribution in [0.5, 0.6) is 0 Å². The van der Waals surface area contributed by atoms with Crippen molar-refractivity contribution in [2.24, 2.45) is 11.8 Å². The molecule has 8 heteroatoms. The number of carboxylic acid groups (broad SMARTS) is 1. The van der Waals surface area contributed by atoms with Crippen molar-refractivity contribution in [3.8, 4) is 0 Å². The summed E-state index contributed by atoms with van der Waals surface area (Å²) in [6, 6.07) is 6.55. The van der Waals surface area contributed by atoms with Crippen molar-refractivity contribution in [3.05, 3.63) is 29.8 Å². The lowest BCUT2D eigenvalue weighted by atomic mass is 10.2. The minimum atomic E-state index is -3.50. The van der Waals surface area contributed by atoms with Crippen LogP contribution in [0, 0.1) is 11.8 Å². The van der Waals surface area contributed by atoms with Gasteiger partial charge in [0.15, 0.2) is 0 Å². The van der Waals surface area contributed by atoms with E-state index < -0.39 is 27.8 Å². The Kier molecular flexibility index (Phi) is 5.10. The summed E-state index contributed by atoms with van der Waals surface area (Å²) in [4.78, 5) is 23.0. The second-order valence-corrected chi connectivity index (χ2v) is 8.55. The average molecular weight is 366 g/mol. The number of carboxylic acids is 1. The van der Waals surface area contributed by atoms with E-state index in [1.165, 1.54) is 4.31 Å². The lowest BCUT2D eigenvalue weighted by Gasteiger charge is -2.26. The number of rotatable bonds is 6. The van der Waals surface area contributed by atoms with Crippen molar-refractivity contribution >= 4 is 21.9 Å². The predicted octanol–water partition coefficient (Wildman–Crippen LogP) is 1.20. The highest BCUT2D eigenvalue weighted by Crippen LogP contribution is 2.38. The molecular weight excluding hydrogens is 344 g/mol. The molecule has 0 aromatic heterocycles. The maximum atomic E-state index is 12.7. The number of piperidine rings is 1. The Morgan fingerprint density at radius 3 is 2.52 bits per heavy atom. The van der Waals surface area contributed by atoms with Crippen LogP contribution in [0.25, 0.3) is 0 Å². The summed E-state index contributed by atoms with van der Waals surface area (Å²) in [6.45, 7) is 1.27. The largest absolute Gasteiger partial charge is 0.481 e. The Morgan fingerprint density at radius 2 is 1.88 bits per heavy atom. The van der Waals surface area contributed by atoms with Gasteiger partial charge in [0, 0.05) is 19.6 Å². The molecule has 1 saturated carbocycles. The summed E-state index contributed by atoms with van der Waals surface area (Å²) in [5.41, 5.74) is 0.680. The summed E-state index contributed by atoms with van der Waals surface area (Å²) in [6.07, 6.45) is 3.17. The van der Waals surface area contributed by atoms with Gasteiger partial charge in [-0.2, -0.15) is 4.31 Å². The predicted molar refractivity (Wildman–Crippen MR) is 90.1 cm³/mol. The number of aliphatic carboxylic acids is 1. The van der Waals surface area contributed by atoms with Gasteiger partial charge in [0.25, 0.3) is 0 Å². The lowest BCUT2D eigenvalue weighted by Crippen LogP contribution is -2.35.